The summed E-state index contributed by atoms with van der Waals surface area (Å²) >= 11 is 0. The number of methoxy groups -OCH3 is 1. The Kier molecular flexibility index (Phi) is 4.88. The number of carbonyl (C=O) groups is 3. The quantitative estimate of drug-likeness (QED) is 0.769. The Morgan fingerprint density at radius 2 is 1.96 bits per heavy atom. The van der Waals surface area contributed by atoms with Crippen LogP contribution in [-0.4, -0.2) is 30.9 Å². The Hall–Kier alpha value is -3.35. The van der Waals surface area contributed by atoms with E-state index in [2.05, 4.69) is 5.32 Å². The number of aliphatic carboxylic acids is 1. The number of imide groups is 1. The molecule has 2 aromatic carbocycles. The standard InChI is InChI=1S/C19H18N2O5/c1-26-15-4-2-3-14(10-15)21-17(22)11-16(19(21)25)20-13-7-5-12(6-8-13)9-18(23)24/h2-8,10,16,20H,9,11H2,1H3,(H,23,24)/p-1/t16-/m1/s1. The monoisotopic (exact) mass is 353 g/mol. The first kappa shape index (κ1) is 17.5. The number of anilines is 2. The molecule has 0 radical (unpaired) electrons. The third kappa shape index (κ3) is 3.66. The lowest BCUT2D eigenvalue weighted by Crippen LogP contribution is -2.34. The number of ether oxygens (including phenoxy) is 1. The zero-order valence-corrected chi connectivity index (χ0v) is 14.1. The summed E-state index contributed by atoms with van der Waals surface area (Å²) in [5.74, 6) is -1.24. The van der Waals surface area contributed by atoms with E-state index in [1.54, 1.807) is 48.5 Å². The minimum atomic E-state index is -1.16. The van der Waals surface area contributed by atoms with Crippen LogP contribution in [0.5, 0.6) is 5.75 Å². The van der Waals surface area contributed by atoms with Crippen molar-refractivity contribution in [3.05, 3.63) is 54.1 Å². The predicted molar refractivity (Wildman–Crippen MR) is 92.7 cm³/mol. The van der Waals surface area contributed by atoms with E-state index in [1.165, 1.54) is 7.11 Å². The number of hydrogen-bond donors (Lipinski definition) is 1. The molecule has 2 aromatic rings. The Morgan fingerprint density at radius 3 is 2.62 bits per heavy atom. The predicted octanol–water partition coefficient (Wildman–Crippen LogP) is 0.732. The summed E-state index contributed by atoms with van der Waals surface area (Å²) in [4.78, 5) is 36.7. The molecule has 1 N–H and O–H groups in total. The highest BCUT2D eigenvalue weighted by atomic mass is 16.5. The number of benzene rings is 2. The molecule has 1 aliphatic rings. The van der Waals surface area contributed by atoms with Crippen molar-refractivity contribution in [2.75, 3.05) is 17.3 Å². The second-order valence-corrected chi connectivity index (χ2v) is 5.92. The van der Waals surface area contributed by atoms with E-state index < -0.39 is 12.0 Å². The summed E-state index contributed by atoms with van der Waals surface area (Å²) in [6.07, 6.45) is -0.137. The molecule has 1 fully saturated rings. The number of carboxylic acids is 1. The summed E-state index contributed by atoms with van der Waals surface area (Å²) in [5, 5.41) is 13.6. The van der Waals surface area contributed by atoms with Gasteiger partial charge in [0.1, 0.15) is 11.8 Å². The molecule has 1 heterocycles. The maximum absolute atomic E-state index is 12.6. The Labute approximate surface area is 150 Å². The van der Waals surface area contributed by atoms with Gasteiger partial charge in [-0.25, -0.2) is 4.90 Å². The van der Waals surface area contributed by atoms with Gasteiger partial charge in [-0.2, -0.15) is 0 Å². The van der Waals surface area contributed by atoms with Gasteiger partial charge in [-0.1, -0.05) is 18.2 Å². The van der Waals surface area contributed by atoms with Gasteiger partial charge in [-0.15, -0.1) is 0 Å². The van der Waals surface area contributed by atoms with Crippen LogP contribution in [0.2, 0.25) is 0 Å². The molecule has 3 rings (SSSR count). The van der Waals surface area contributed by atoms with E-state index in [-0.39, 0.29) is 24.7 Å². The molecule has 0 spiro atoms. The average Bonchev–Trinajstić information content (AvgIpc) is 2.90. The third-order valence-electron chi connectivity index (χ3n) is 4.10. The van der Waals surface area contributed by atoms with Crippen molar-refractivity contribution in [2.24, 2.45) is 0 Å². The average molecular weight is 353 g/mol. The fraction of sp³-hybridized carbons (Fsp3) is 0.211. The largest absolute Gasteiger partial charge is 0.550 e. The van der Waals surface area contributed by atoms with Gasteiger partial charge in [0.2, 0.25) is 5.91 Å². The fourth-order valence-corrected chi connectivity index (χ4v) is 2.85. The van der Waals surface area contributed by atoms with Crippen LogP contribution < -0.4 is 20.1 Å². The molecule has 26 heavy (non-hydrogen) atoms. The molecule has 7 heteroatoms. The van der Waals surface area contributed by atoms with E-state index in [4.69, 9.17) is 4.74 Å². The van der Waals surface area contributed by atoms with Crippen LogP contribution in [0.25, 0.3) is 0 Å². The molecule has 1 atom stereocenters. The van der Waals surface area contributed by atoms with Crippen molar-refractivity contribution >= 4 is 29.2 Å². The maximum atomic E-state index is 12.6. The van der Waals surface area contributed by atoms with Gasteiger partial charge in [-0.3, -0.25) is 9.59 Å². The summed E-state index contributed by atoms with van der Waals surface area (Å²) in [6.45, 7) is 0. The van der Waals surface area contributed by atoms with Crippen LogP contribution in [0.15, 0.2) is 48.5 Å². The Morgan fingerprint density at radius 1 is 1.23 bits per heavy atom. The van der Waals surface area contributed by atoms with Crippen molar-refractivity contribution in [1.82, 2.24) is 0 Å². The molecule has 0 saturated carbocycles. The van der Waals surface area contributed by atoms with Gasteiger partial charge in [-0.05, 0) is 29.8 Å². The Balaban J connectivity index is 1.73. The van der Waals surface area contributed by atoms with E-state index in [9.17, 15) is 19.5 Å². The van der Waals surface area contributed by atoms with Crippen LogP contribution in [0.3, 0.4) is 0 Å². The first-order valence-electron chi connectivity index (χ1n) is 8.04. The third-order valence-corrected chi connectivity index (χ3v) is 4.10. The fourth-order valence-electron chi connectivity index (χ4n) is 2.85. The molecule has 2 amide bonds. The van der Waals surface area contributed by atoms with Gasteiger partial charge < -0.3 is 20.0 Å². The van der Waals surface area contributed by atoms with Crippen LogP contribution in [0.4, 0.5) is 11.4 Å². The lowest BCUT2D eigenvalue weighted by Gasteiger charge is -2.17. The van der Waals surface area contributed by atoms with Crippen LogP contribution in [-0.2, 0) is 20.8 Å². The number of nitrogens with zero attached hydrogens (tertiary/aromatic N) is 1. The maximum Gasteiger partial charge on any atom is 0.256 e. The first-order valence-corrected chi connectivity index (χ1v) is 8.04. The highest BCUT2D eigenvalue weighted by Gasteiger charge is 2.39. The van der Waals surface area contributed by atoms with Crippen LogP contribution >= 0.6 is 0 Å². The van der Waals surface area contributed by atoms with Crippen molar-refractivity contribution < 1.29 is 24.2 Å². The number of amides is 2. The minimum Gasteiger partial charge on any atom is -0.550 e. The first-order chi connectivity index (χ1) is 12.5. The molecule has 0 unspecified atom stereocenters. The molecule has 0 aliphatic carbocycles. The zero-order chi connectivity index (χ0) is 18.7. The molecular weight excluding hydrogens is 336 g/mol. The molecular formula is C19H17N2O5-. The zero-order valence-electron chi connectivity index (χ0n) is 14.1. The molecule has 7 nitrogen and oxygen atoms in total. The number of carbonyl (C=O) groups excluding carboxylic acids is 3. The van der Waals surface area contributed by atoms with Crippen molar-refractivity contribution in [3.63, 3.8) is 0 Å². The van der Waals surface area contributed by atoms with E-state index in [0.717, 1.165) is 4.90 Å². The van der Waals surface area contributed by atoms with E-state index in [1.807, 2.05) is 0 Å². The Bertz CT molecular complexity index is 847. The normalized spacial score (nSPS) is 16.7. The van der Waals surface area contributed by atoms with Crippen LogP contribution in [0.1, 0.15) is 12.0 Å². The number of rotatable bonds is 6. The summed E-state index contributed by atoms with van der Waals surface area (Å²) in [7, 11) is 1.52. The smallest absolute Gasteiger partial charge is 0.256 e. The molecule has 1 aliphatic heterocycles. The highest BCUT2D eigenvalue weighted by Crippen LogP contribution is 2.27. The van der Waals surface area contributed by atoms with Crippen molar-refractivity contribution in [2.45, 2.75) is 18.9 Å². The summed E-state index contributed by atoms with van der Waals surface area (Å²) in [5.41, 5.74) is 1.70. The number of hydrogen-bond acceptors (Lipinski definition) is 6. The topological polar surface area (TPSA) is 98.8 Å². The lowest BCUT2D eigenvalue weighted by atomic mass is 10.1. The summed E-state index contributed by atoms with van der Waals surface area (Å²) in [6, 6.07) is 12.7. The van der Waals surface area contributed by atoms with Crippen molar-refractivity contribution in [1.29, 1.82) is 0 Å². The van der Waals surface area contributed by atoms with Crippen LogP contribution in [0, 0.1) is 0 Å². The van der Waals surface area contributed by atoms with Gasteiger partial charge in [0.15, 0.2) is 0 Å². The minimum absolute atomic E-state index is 0.0385. The van der Waals surface area contributed by atoms with Gasteiger partial charge in [0.05, 0.1) is 19.2 Å². The summed E-state index contributed by atoms with van der Waals surface area (Å²) < 4.78 is 5.13. The SMILES string of the molecule is COc1cccc(N2C(=O)C[C@@H](Nc3ccc(CC(=O)[O-])cc3)C2=O)c1. The molecule has 1 saturated heterocycles. The van der Waals surface area contributed by atoms with Gasteiger partial charge in [0.25, 0.3) is 5.91 Å². The highest BCUT2D eigenvalue weighted by molar-refractivity contribution is 6.23. The lowest BCUT2D eigenvalue weighted by molar-refractivity contribution is -0.304. The number of nitrogens with one attached hydrogen (secondary N) is 1. The van der Waals surface area contributed by atoms with E-state index >= 15 is 0 Å². The molecule has 0 bridgehead atoms. The van der Waals surface area contributed by atoms with Crippen molar-refractivity contribution in [3.8, 4) is 5.75 Å². The second kappa shape index (κ2) is 7.26. The molecule has 134 valence electrons. The van der Waals surface area contributed by atoms with E-state index in [0.29, 0.717) is 22.7 Å². The van der Waals surface area contributed by atoms with Gasteiger partial charge >= 0.3 is 0 Å². The molecule has 0 aromatic heterocycles. The van der Waals surface area contributed by atoms with Gasteiger partial charge in [0, 0.05) is 24.1 Å². The second-order valence-electron chi connectivity index (χ2n) is 5.92. The number of carboxylic acid groups (broad SMARTS) is 1.